The Balaban J connectivity index is 1.07. The van der Waals surface area contributed by atoms with Crippen molar-refractivity contribution in [3.63, 3.8) is 0 Å². The second kappa shape index (κ2) is 12.1. The van der Waals surface area contributed by atoms with Crippen LogP contribution in [0.3, 0.4) is 0 Å². The molecule has 0 atom stereocenters. The van der Waals surface area contributed by atoms with Crippen LogP contribution in [0.2, 0.25) is 0 Å². The molecule has 1 aliphatic rings. The summed E-state index contributed by atoms with van der Waals surface area (Å²) in [6.45, 7) is 4.82. The standard InChI is InChI=1S/C45H26F6OS4/c1-21-13-16-33(53-21)36-19-31(22(2)54-36)40-41(44(48,49)45(50,51)43(40,46)47)32-20-37(55-23(32)3)34-17-18-35(56-34)42(52)30-15-14-29-26-10-5-8-24-7-4-9-25(38(24)26)27-11-6-12-28(30)39(27)29/h4-20H,1-3H3. The van der Waals surface area contributed by atoms with E-state index in [0.717, 1.165) is 86.9 Å². The highest BCUT2D eigenvalue weighted by Crippen LogP contribution is 2.66. The lowest BCUT2D eigenvalue weighted by Crippen LogP contribution is -2.48. The zero-order valence-corrected chi connectivity index (χ0v) is 32.9. The third-order valence-corrected chi connectivity index (χ3v) is 15.4. The van der Waals surface area contributed by atoms with Crippen LogP contribution in [0, 0.1) is 20.8 Å². The smallest absolute Gasteiger partial charge is 0.288 e. The van der Waals surface area contributed by atoms with Gasteiger partial charge in [0.05, 0.1) is 4.88 Å². The number of hydrogen-bond acceptors (Lipinski definition) is 5. The molecule has 1 nitrogen and oxygen atoms in total. The van der Waals surface area contributed by atoms with Crippen LogP contribution in [-0.4, -0.2) is 23.6 Å². The van der Waals surface area contributed by atoms with E-state index in [1.165, 1.54) is 37.3 Å². The summed E-state index contributed by atoms with van der Waals surface area (Å²) in [7, 11) is 0. The summed E-state index contributed by atoms with van der Waals surface area (Å²) in [5.41, 5.74) is -2.89. The number of alkyl halides is 6. The second-order valence-electron chi connectivity index (χ2n) is 14.1. The van der Waals surface area contributed by atoms with Crippen LogP contribution in [0.1, 0.15) is 41.0 Å². The molecule has 0 aliphatic heterocycles. The number of hydrogen-bond donors (Lipinski definition) is 0. The molecule has 0 spiro atoms. The molecule has 0 radical (unpaired) electrons. The molecular formula is C45H26F6OS4. The normalized spacial score (nSPS) is 16.4. The minimum Gasteiger partial charge on any atom is -0.288 e. The second-order valence-corrected chi connectivity index (χ2v) is 19.0. The maximum absolute atomic E-state index is 15.9. The SMILES string of the molecule is Cc1ccc(-c2cc(C3=C(c4cc(-c5ccc(C(=O)c6ccc7c8cccc9cccc(c%10cccc6c%107)c98)s5)sc4C)C(F)(F)C(F)(F)C3(F)F)c(C)s2)s1. The quantitative estimate of drug-likeness (QED) is 0.0706. The number of benzene rings is 5. The summed E-state index contributed by atoms with van der Waals surface area (Å²) in [5.74, 6) is -16.2. The van der Waals surface area contributed by atoms with E-state index in [0.29, 0.717) is 25.1 Å². The number of rotatable bonds is 6. The summed E-state index contributed by atoms with van der Waals surface area (Å²) in [4.78, 5) is 18.2. The van der Waals surface area contributed by atoms with Gasteiger partial charge in [0.2, 0.25) is 5.78 Å². The first kappa shape index (κ1) is 35.6. The first-order valence-electron chi connectivity index (χ1n) is 17.6. The van der Waals surface area contributed by atoms with E-state index in [9.17, 15) is 4.79 Å². The molecule has 0 unspecified atom stereocenters. The number of thiophene rings is 4. The first-order valence-corrected chi connectivity index (χ1v) is 20.9. The largest absolute Gasteiger partial charge is 0.380 e. The van der Waals surface area contributed by atoms with Gasteiger partial charge in [-0.1, -0.05) is 60.7 Å². The van der Waals surface area contributed by atoms with Gasteiger partial charge in [0.25, 0.3) is 0 Å². The van der Waals surface area contributed by atoms with Gasteiger partial charge in [-0.05, 0) is 117 Å². The number of fused-ring (bicyclic) bond motifs is 2. The number of ketones is 1. The molecule has 0 N–H and O–H groups in total. The van der Waals surface area contributed by atoms with Gasteiger partial charge in [0.1, 0.15) is 0 Å². The fourth-order valence-corrected chi connectivity index (χ4v) is 12.3. The molecule has 0 fully saturated rings. The Morgan fingerprint density at radius 3 is 1.57 bits per heavy atom. The van der Waals surface area contributed by atoms with Crippen molar-refractivity contribution in [2.75, 3.05) is 0 Å². The molecule has 0 bridgehead atoms. The van der Waals surface area contributed by atoms with Crippen molar-refractivity contribution >= 4 is 105 Å². The molecule has 5 aromatic carbocycles. The van der Waals surface area contributed by atoms with Crippen LogP contribution < -0.4 is 0 Å². The highest BCUT2D eigenvalue weighted by Gasteiger charge is 2.80. The zero-order valence-electron chi connectivity index (χ0n) is 29.6. The predicted octanol–water partition coefficient (Wildman–Crippen LogP) is 15.3. The van der Waals surface area contributed by atoms with E-state index >= 15 is 26.3 Å². The van der Waals surface area contributed by atoms with Gasteiger partial charge >= 0.3 is 17.8 Å². The van der Waals surface area contributed by atoms with Crippen LogP contribution in [-0.2, 0) is 0 Å². The van der Waals surface area contributed by atoms with Crippen molar-refractivity contribution < 1.29 is 31.1 Å². The van der Waals surface area contributed by atoms with E-state index < -0.39 is 28.9 Å². The topological polar surface area (TPSA) is 17.1 Å². The molecule has 1 aliphatic carbocycles. The molecule has 4 heterocycles. The van der Waals surface area contributed by atoms with Gasteiger partial charge < -0.3 is 0 Å². The monoisotopic (exact) mass is 824 g/mol. The number of halogens is 6. The van der Waals surface area contributed by atoms with Crippen molar-refractivity contribution in [1.82, 2.24) is 0 Å². The molecule has 4 aromatic heterocycles. The number of aryl methyl sites for hydroxylation is 3. The Morgan fingerprint density at radius 2 is 1.00 bits per heavy atom. The summed E-state index contributed by atoms with van der Waals surface area (Å²) in [6, 6.07) is 31.7. The lowest BCUT2D eigenvalue weighted by Gasteiger charge is -2.25. The third kappa shape index (κ3) is 4.80. The zero-order chi connectivity index (χ0) is 39.1. The van der Waals surface area contributed by atoms with Crippen LogP contribution in [0.25, 0.3) is 73.7 Å². The van der Waals surface area contributed by atoms with E-state index in [1.807, 2.05) is 49.4 Å². The number of allylic oxidation sites excluding steroid dienone is 2. The average molecular weight is 825 g/mol. The van der Waals surface area contributed by atoms with Crippen LogP contribution in [0.4, 0.5) is 26.3 Å². The minimum atomic E-state index is -5.66. The van der Waals surface area contributed by atoms with E-state index in [2.05, 4.69) is 30.3 Å². The van der Waals surface area contributed by atoms with Crippen LogP contribution >= 0.6 is 45.3 Å². The Labute approximate surface area is 332 Å². The Bertz CT molecular complexity index is 3090. The molecule has 0 amide bonds. The molecular weight excluding hydrogens is 799 g/mol. The van der Waals surface area contributed by atoms with Crippen LogP contribution in [0.15, 0.2) is 103 Å². The maximum Gasteiger partial charge on any atom is 0.380 e. The first-order chi connectivity index (χ1) is 26.7. The molecule has 10 rings (SSSR count). The van der Waals surface area contributed by atoms with Gasteiger partial charge in [-0.2, -0.15) is 26.3 Å². The lowest BCUT2D eigenvalue weighted by atomic mass is 9.87. The number of carbonyl (C=O) groups excluding carboxylic acids is 1. The minimum absolute atomic E-state index is 0.183. The summed E-state index contributed by atoms with van der Waals surface area (Å²) >= 11 is 4.68. The van der Waals surface area contributed by atoms with Gasteiger partial charge in [-0.3, -0.25) is 4.79 Å². The molecule has 0 saturated heterocycles. The maximum atomic E-state index is 15.9. The molecule has 56 heavy (non-hydrogen) atoms. The fourth-order valence-electron chi connectivity index (χ4n) is 8.27. The van der Waals surface area contributed by atoms with Crippen molar-refractivity contribution in [2.45, 2.75) is 38.5 Å². The Kier molecular flexibility index (Phi) is 7.69. The average Bonchev–Trinajstić information content (AvgIpc) is 4.00. The Hall–Kier alpha value is -4.81. The van der Waals surface area contributed by atoms with Gasteiger partial charge in [-0.15, -0.1) is 45.3 Å². The highest BCUT2D eigenvalue weighted by molar-refractivity contribution is 7.23. The van der Waals surface area contributed by atoms with E-state index in [-0.39, 0.29) is 26.7 Å². The molecule has 0 saturated carbocycles. The van der Waals surface area contributed by atoms with Crippen molar-refractivity contribution in [3.8, 4) is 19.5 Å². The van der Waals surface area contributed by atoms with Gasteiger partial charge in [0.15, 0.2) is 0 Å². The summed E-state index contributed by atoms with van der Waals surface area (Å²) in [6.07, 6.45) is 0. The molecule has 278 valence electrons. The highest BCUT2D eigenvalue weighted by atomic mass is 32.1. The van der Waals surface area contributed by atoms with Crippen LogP contribution in [0.5, 0.6) is 0 Å². The predicted molar refractivity (Wildman–Crippen MR) is 222 cm³/mol. The third-order valence-electron chi connectivity index (χ3n) is 10.9. The fraction of sp³-hybridized carbons (Fsp3) is 0.133. The van der Waals surface area contributed by atoms with Gasteiger partial charge in [-0.25, -0.2) is 0 Å². The Morgan fingerprint density at radius 1 is 0.500 bits per heavy atom. The van der Waals surface area contributed by atoms with Crippen molar-refractivity contribution in [1.29, 1.82) is 0 Å². The summed E-state index contributed by atoms with van der Waals surface area (Å²) < 4.78 is 94.0. The lowest BCUT2D eigenvalue weighted by molar-refractivity contribution is -0.254. The van der Waals surface area contributed by atoms with Crippen molar-refractivity contribution in [2.24, 2.45) is 0 Å². The number of carbonyl (C=O) groups is 1. The van der Waals surface area contributed by atoms with E-state index in [4.69, 9.17) is 0 Å². The molecule has 11 heteroatoms. The van der Waals surface area contributed by atoms with Crippen molar-refractivity contribution in [3.05, 3.63) is 139 Å². The van der Waals surface area contributed by atoms with Gasteiger partial charge in [0, 0.05) is 50.8 Å². The summed E-state index contributed by atoms with van der Waals surface area (Å²) in [5, 5.41) is 8.33. The van der Waals surface area contributed by atoms with E-state index in [1.54, 1.807) is 18.2 Å². The molecule has 9 aromatic rings.